The van der Waals surface area contributed by atoms with Gasteiger partial charge in [-0.25, -0.2) is 0 Å². The van der Waals surface area contributed by atoms with E-state index < -0.39 is 0 Å². The molecule has 0 aliphatic rings. The molecule has 0 spiro atoms. The number of nitrogens with zero attached hydrogens (tertiary/aromatic N) is 3. The van der Waals surface area contributed by atoms with E-state index in [1.165, 1.54) is 0 Å². The summed E-state index contributed by atoms with van der Waals surface area (Å²) in [5.41, 5.74) is -0.0331. The normalized spacial score (nSPS) is 12.1. The largest absolute Gasteiger partial charge is 0.382 e. The fraction of sp³-hybridized carbons (Fsp3) is 0.833. The van der Waals surface area contributed by atoms with E-state index >= 15 is 0 Å². The third-order valence-corrected chi connectivity index (χ3v) is 2.72. The molecule has 0 aliphatic carbocycles. The van der Waals surface area contributed by atoms with Crippen molar-refractivity contribution in [3.05, 3.63) is 11.6 Å². The molecule has 0 bridgehead atoms. The first-order valence-electron chi connectivity index (χ1n) is 6.08. The van der Waals surface area contributed by atoms with Crippen LogP contribution in [0.2, 0.25) is 0 Å². The van der Waals surface area contributed by atoms with Crippen LogP contribution in [-0.4, -0.2) is 28.0 Å². The van der Waals surface area contributed by atoms with Crippen molar-refractivity contribution in [3.8, 4) is 0 Å². The number of alkyl halides is 1. The summed E-state index contributed by atoms with van der Waals surface area (Å²) in [5.74, 6) is 2.23. The number of aromatic nitrogens is 3. The van der Waals surface area contributed by atoms with Gasteiger partial charge in [0.1, 0.15) is 11.6 Å². The predicted molar refractivity (Wildman–Crippen MR) is 69.4 cm³/mol. The number of hydrogen-bond donors (Lipinski definition) is 0. The molecular formula is C12H22ClN3O. The lowest BCUT2D eigenvalue weighted by atomic mass is 10.1. The SMILES string of the molecule is CCOCCCc1nnc(CCl)n1C(C)(C)C. The van der Waals surface area contributed by atoms with E-state index in [1.54, 1.807) is 0 Å². The molecule has 1 aromatic rings. The van der Waals surface area contributed by atoms with E-state index in [9.17, 15) is 0 Å². The van der Waals surface area contributed by atoms with E-state index in [-0.39, 0.29) is 5.54 Å². The van der Waals surface area contributed by atoms with Crippen LogP contribution in [0.25, 0.3) is 0 Å². The lowest BCUT2D eigenvalue weighted by Crippen LogP contribution is -2.26. The molecule has 17 heavy (non-hydrogen) atoms. The Morgan fingerprint density at radius 2 is 1.88 bits per heavy atom. The lowest BCUT2D eigenvalue weighted by molar-refractivity contribution is 0.144. The molecule has 4 nitrogen and oxygen atoms in total. The predicted octanol–water partition coefficient (Wildman–Crippen LogP) is 2.74. The number of halogens is 1. The van der Waals surface area contributed by atoms with Gasteiger partial charge in [-0.3, -0.25) is 0 Å². The number of hydrogen-bond acceptors (Lipinski definition) is 3. The monoisotopic (exact) mass is 259 g/mol. The van der Waals surface area contributed by atoms with Crippen LogP contribution >= 0.6 is 11.6 Å². The van der Waals surface area contributed by atoms with Gasteiger partial charge >= 0.3 is 0 Å². The topological polar surface area (TPSA) is 39.9 Å². The van der Waals surface area contributed by atoms with E-state index in [1.807, 2.05) is 6.92 Å². The quantitative estimate of drug-likeness (QED) is 0.583. The minimum absolute atomic E-state index is 0.0331. The number of aryl methyl sites for hydroxylation is 1. The molecule has 0 amide bonds. The summed E-state index contributed by atoms with van der Waals surface area (Å²) < 4.78 is 7.46. The maximum atomic E-state index is 5.89. The van der Waals surface area contributed by atoms with Gasteiger partial charge in [0.15, 0.2) is 0 Å². The molecular weight excluding hydrogens is 238 g/mol. The molecule has 1 heterocycles. The fourth-order valence-electron chi connectivity index (χ4n) is 1.85. The highest BCUT2D eigenvalue weighted by Crippen LogP contribution is 2.20. The van der Waals surface area contributed by atoms with Crippen LogP contribution in [0.4, 0.5) is 0 Å². The Labute approximate surface area is 108 Å². The van der Waals surface area contributed by atoms with Crippen molar-refractivity contribution in [2.45, 2.75) is 52.0 Å². The zero-order valence-corrected chi connectivity index (χ0v) is 11.9. The van der Waals surface area contributed by atoms with Gasteiger partial charge in [-0.15, -0.1) is 21.8 Å². The Balaban J connectivity index is 2.75. The summed E-state index contributed by atoms with van der Waals surface area (Å²) in [4.78, 5) is 0. The van der Waals surface area contributed by atoms with Gasteiger partial charge in [0.05, 0.1) is 5.88 Å². The molecule has 0 N–H and O–H groups in total. The summed E-state index contributed by atoms with van der Waals surface area (Å²) >= 11 is 5.89. The van der Waals surface area contributed by atoms with Gasteiger partial charge in [-0.05, 0) is 34.1 Å². The van der Waals surface area contributed by atoms with Crippen molar-refractivity contribution in [1.29, 1.82) is 0 Å². The first kappa shape index (κ1) is 14.5. The van der Waals surface area contributed by atoms with Crippen molar-refractivity contribution >= 4 is 11.6 Å². The average Bonchev–Trinajstić information content (AvgIpc) is 2.67. The third-order valence-electron chi connectivity index (χ3n) is 2.48. The summed E-state index contributed by atoms with van der Waals surface area (Å²) in [5, 5.41) is 8.36. The smallest absolute Gasteiger partial charge is 0.148 e. The van der Waals surface area contributed by atoms with Crippen LogP contribution in [0, 0.1) is 0 Å². The van der Waals surface area contributed by atoms with Gasteiger partial charge in [-0.1, -0.05) is 0 Å². The molecule has 0 unspecified atom stereocenters. The minimum Gasteiger partial charge on any atom is -0.382 e. The second-order valence-corrected chi connectivity index (χ2v) is 5.24. The molecule has 0 saturated heterocycles. The van der Waals surface area contributed by atoms with Crippen LogP contribution in [-0.2, 0) is 22.6 Å². The van der Waals surface area contributed by atoms with E-state index in [0.29, 0.717) is 5.88 Å². The fourth-order valence-corrected chi connectivity index (χ4v) is 2.03. The van der Waals surface area contributed by atoms with Gasteiger partial charge in [0.25, 0.3) is 0 Å². The highest BCUT2D eigenvalue weighted by atomic mass is 35.5. The average molecular weight is 260 g/mol. The maximum Gasteiger partial charge on any atom is 0.148 e. The highest BCUT2D eigenvalue weighted by molar-refractivity contribution is 6.16. The molecule has 1 rings (SSSR count). The van der Waals surface area contributed by atoms with Crippen LogP contribution in [0.1, 0.15) is 45.8 Å². The Bertz CT molecular complexity index is 344. The summed E-state index contributed by atoms with van der Waals surface area (Å²) in [6, 6.07) is 0. The second kappa shape index (κ2) is 6.36. The Morgan fingerprint density at radius 1 is 1.24 bits per heavy atom. The lowest BCUT2D eigenvalue weighted by Gasteiger charge is -2.24. The number of rotatable bonds is 6. The molecule has 0 radical (unpaired) electrons. The third kappa shape index (κ3) is 3.96. The van der Waals surface area contributed by atoms with Crippen LogP contribution in [0.15, 0.2) is 0 Å². The van der Waals surface area contributed by atoms with Crippen molar-refractivity contribution in [3.63, 3.8) is 0 Å². The first-order valence-corrected chi connectivity index (χ1v) is 6.61. The van der Waals surface area contributed by atoms with Crippen molar-refractivity contribution in [2.75, 3.05) is 13.2 Å². The van der Waals surface area contributed by atoms with Crippen molar-refractivity contribution < 1.29 is 4.74 Å². The van der Waals surface area contributed by atoms with E-state index in [2.05, 4.69) is 35.5 Å². The molecule has 1 aromatic heterocycles. The van der Waals surface area contributed by atoms with Crippen molar-refractivity contribution in [1.82, 2.24) is 14.8 Å². The maximum absolute atomic E-state index is 5.89. The van der Waals surface area contributed by atoms with Gasteiger partial charge in [-0.2, -0.15) is 0 Å². The Hall–Kier alpha value is -0.610. The number of ether oxygens (including phenoxy) is 1. The molecule has 98 valence electrons. The Morgan fingerprint density at radius 3 is 2.41 bits per heavy atom. The minimum atomic E-state index is -0.0331. The zero-order chi connectivity index (χ0) is 12.9. The zero-order valence-electron chi connectivity index (χ0n) is 11.2. The second-order valence-electron chi connectivity index (χ2n) is 4.97. The van der Waals surface area contributed by atoms with Gasteiger partial charge in [0.2, 0.25) is 0 Å². The van der Waals surface area contributed by atoms with E-state index in [4.69, 9.17) is 16.3 Å². The van der Waals surface area contributed by atoms with Crippen LogP contribution in [0.5, 0.6) is 0 Å². The van der Waals surface area contributed by atoms with Crippen molar-refractivity contribution in [2.24, 2.45) is 0 Å². The van der Waals surface area contributed by atoms with Gasteiger partial charge in [0, 0.05) is 25.2 Å². The Kier molecular flexibility index (Phi) is 5.40. The molecule has 0 fully saturated rings. The standard InChI is InChI=1S/C12H22ClN3O/c1-5-17-8-6-7-10-14-15-11(9-13)16(10)12(2,3)4/h5-9H2,1-4H3. The summed E-state index contributed by atoms with van der Waals surface area (Å²) in [6.45, 7) is 9.95. The summed E-state index contributed by atoms with van der Waals surface area (Å²) in [6.07, 6.45) is 1.84. The molecule has 5 heteroatoms. The molecule has 0 atom stereocenters. The van der Waals surface area contributed by atoms with Crippen LogP contribution in [0.3, 0.4) is 0 Å². The van der Waals surface area contributed by atoms with E-state index in [0.717, 1.165) is 37.7 Å². The molecule has 0 aliphatic heterocycles. The molecule has 0 saturated carbocycles. The molecule has 0 aromatic carbocycles. The van der Waals surface area contributed by atoms with Gasteiger partial charge < -0.3 is 9.30 Å². The highest BCUT2D eigenvalue weighted by Gasteiger charge is 2.21. The first-order chi connectivity index (χ1) is 8.00. The van der Waals surface area contributed by atoms with Crippen LogP contribution < -0.4 is 0 Å². The summed E-state index contributed by atoms with van der Waals surface area (Å²) in [7, 11) is 0.